The zero-order valence-electron chi connectivity index (χ0n) is 14.4. The van der Waals surface area contributed by atoms with Crippen molar-refractivity contribution in [3.63, 3.8) is 0 Å². The summed E-state index contributed by atoms with van der Waals surface area (Å²) in [5.41, 5.74) is 3.17. The van der Waals surface area contributed by atoms with Crippen LogP contribution in [0.15, 0.2) is 24.3 Å². The molecule has 1 rings (SSSR count). The van der Waals surface area contributed by atoms with Crippen molar-refractivity contribution in [2.45, 2.75) is 72.1 Å². The Morgan fingerprint density at radius 3 is 2.20 bits per heavy atom. The predicted octanol–water partition coefficient (Wildman–Crippen LogP) is 4.20. The second-order valence-electron chi connectivity index (χ2n) is 7.45. The SMILES string of the molecule is CCC(C)(C)N(C)Cc1cccc(CNC(C)(C)C)c1. The summed E-state index contributed by atoms with van der Waals surface area (Å²) in [5, 5.41) is 3.55. The van der Waals surface area contributed by atoms with E-state index in [-0.39, 0.29) is 11.1 Å². The van der Waals surface area contributed by atoms with Crippen LogP contribution in [0.4, 0.5) is 0 Å². The number of hydrogen-bond acceptors (Lipinski definition) is 2. The molecule has 1 N–H and O–H groups in total. The molecule has 0 unspecified atom stereocenters. The van der Waals surface area contributed by atoms with Gasteiger partial charge in [0.25, 0.3) is 0 Å². The van der Waals surface area contributed by atoms with E-state index in [0.717, 1.165) is 19.5 Å². The highest BCUT2D eigenvalue weighted by molar-refractivity contribution is 5.23. The zero-order chi connectivity index (χ0) is 15.4. The first kappa shape index (κ1) is 17.2. The first-order valence-corrected chi connectivity index (χ1v) is 7.68. The van der Waals surface area contributed by atoms with E-state index in [1.54, 1.807) is 0 Å². The summed E-state index contributed by atoms with van der Waals surface area (Å²) in [7, 11) is 2.21. The highest BCUT2D eigenvalue weighted by Crippen LogP contribution is 2.19. The summed E-state index contributed by atoms with van der Waals surface area (Å²) in [6.07, 6.45) is 1.16. The number of hydrogen-bond donors (Lipinski definition) is 1. The lowest BCUT2D eigenvalue weighted by molar-refractivity contribution is 0.143. The molecule has 2 heteroatoms. The van der Waals surface area contributed by atoms with Gasteiger partial charge in [0, 0.05) is 24.2 Å². The Morgan fingerprint density at radius 2 is 1.65 bits per heavy atom. The minimum Gasteiger partial charge on any atom is -0.308 e. The number of nitrogens with one attached hydrogen (secondary N) is 1. The van der Waals surface area contributed by atoms with Crippen molar-refractivity contribution in [3.8, 4) is 0 Å². The lowest BCUT2D eigenvalue weighted by Crippen LogP contribution is -2.39. The molecule has 0 aliphatic heterocycles. The smallest absolute Gasteiger partial charge is 0.0236 e. The van der Waals surface area contributed by atoms with E-state index in [1.807, 2.05) is 0 Å². The van der Waals surface area contributed by atoms with Crippen molar-refractivity contribution < 1.29 is 0 Å². The molecule has 0 spiro atoms. The lowest BCUT2D eigenvalue weighted by Gasteiger charge is -2.35. The molecule has 0 saturated heterocycles. The van der Waals surface area contributed by atoms with Crippen molar-refractivity contribution >= 4 is 0 Å². The molecule has 0 atom stereocenters. The van der Waals surface area contributed by atoms with Crippen LogP contribution in [0, 0.1) is 0 Å². The first-order valence-electron chi connectivity index (χ1n) is 7.68. The van der Waals surface area contributed by atoms with Crippen molar-refractivity contribution in [2.24, 2.45) is 0 Å². The van der Waals surface area contributed by atoms with Crippen molar-refractivity contribution in [2.75, 3.05) is 7.05 Å². The van der Waals surface area contributed by atoms with Crippen LogP contribution >= 0.6 is 0 Å². The van der Waals surface area contributed by atoms with Gasteiger partial charge >= 0.3 is 0 Å². The molecule has 1 aromatic rings. The second kappa shape index (κ2) is 6.73. The van der Waals surface area contributed by atoms with Gasteiger partial charge in [0.15, 0.2) is 0 Å². The molecular weight excluding hydrogens is 244 g/mol. The summed E-state index contributed by atoms with van der Waals surface area (Å²) in [5.74, 6) is 0. The fraction of sp³-hybridized carbons (Fsp3) is 0.667. The van der Waals surface area contributed by atoms with E-state index < -0.39 is 0 Å². The van der Waals surface area contributed by atoms with Crippen LogP contribution in [-0.2, 0) is 13.1 Å². The molecule has 1 aromatic carbocycles. The summed E-state index contributed by atoms with van der Waals surface area (Å²) < 4.78 is 0. The normalized spacial score (nSPS) is 13.0. The molecule has 0 radical (unpaired) electrons. The molecule has 0 saturated carbocycles. The van der Waals surface area contributed by atoms with Crippen molar-refractivity contribution in [1.82, 2.24) is 10.2 Å². The monoisotopic (exact) mass is 276 g/mol. The summed E-state index contributed by atoms with van der Waals surface area (Å²) in [4.78, 5) is 2.43. The van der Waals surface area contributed by atoms with Crippen LogP contribution in [0.3, 0.4) is 0 Å². The summed E-state index contributed by atoms with van der Waals surface area (Å²) >= 11 is 0. The van der Waals surface area contributed by atoms with Gasteiger partial charge in [-0.2, -0.15) is 0 Å². The predicted molar refractivity (Wildman–Crippen MR) is 88.9 cm³/mol. The van der Waals surface area contributed by atoms with E-state index >= 15 is 0 Å². The Morgan fingerprint density at radius 1 is 1.05 bits per heavy atom. The van der Waals surface area contributed by atoms with Crippen LogP contribution < -0.4 is 5.32 Å². The molecular formula is C18H32N2. The van der Waals surface area contributed by atoms with Crippen LogP contribution in [0.1, 0.15) is 59.1 Å². The molecule has 2 nitrogen and oxygen atoms in total. The Labute approximate surface area is 125 Å². The summed E-state index contributed by atoms with van der Waals surface area (Å²) in [6.45, 7) is 15.4. The van der Waals surface area contributed by atoms with Gasteiger partial charge < -0.3 is 5.32 Å². The Bertz CT molecular complexity index is 416. The average Bonchev–Trinajstić information content (AvgIpc) is 2.36. The molecule has 0 aliphatic carbocycles. The van der Waals surface area contributed by atoms with Gasteiger partial charge in [-0.25, -0.2) is 0 Å². The topological polar surface area (TPSA) is 15.3 Å². The van der Waals surface area contributed by atoms with Gasteiger partial charge in [-0.1, -0.05) is 31.2 Å². The molecule has 0 fully saturated rings. The molecule has 114 valence electrons. The molecule has 0 bridgehead atoms. The van der Waals surface area contributed by atoms with Gasteiger partial charge in [0.1, 0.15) is 0 Å². The highest BCUT2D eigenvalue weighted by Gasteiger charge is 2.20. The van der Waals surface area contributed by atoms with Gasteiger partial charge in [-0.15, -0.1) is 0 Å². The zero-order valence-corrected chi connectivity index (χ0v) is 14.4. The number of benzene rings is 1. The number of rotatable bonds is 6. The lowest BCUT2D eigenvalue weighted by atomic mass is 9.99. The third-order valence-corrected chi connectivity index (χ3v) is 4.13. The second-order valence-corrected chi connectivity index (χ2v) is 7.45. The van der Waals surface area contributed by atoms with Crippen LogP contribution in [-0.4, -0.2) is 23.0 Å². The highest BCUT2D eigenvalue weighted by atomic mass is 15.2. The minimum absolute atomic E-state index is 0.164. The van der Waals surface area contributed by atoms with E-state index in [2.05, 4.69) is 83.1 Å². The van der Waals surface area contributed by atoms with E-state index in [0.29, 0.717) is 0 Å². The average molecular weight is 276 g/mol. The van der Waals surface area contributed by atoms with Crippen LogP contribution in [0.5, 0.6) is 0 Å². The minimum atomic E-state index is 0.164. The first-order chi connectivity index (χ1) is 9.14. The van der Waals surface area contributed by atoms with Gasteiger partial charge in [0.2, 0.25) is 0 Å². The van der Waals surface area contributed by atoms with E-state index in [4.69, 9.17) is 0 Å². The molecule has 0 aromatic heterocycles. The van der Waals surface area contributed by atoms with Gasteiger partial charge in [-0.05, 0) is 59.2 Å². The third kappa shape index (κ3) is 5.64. The van der Waals surface area contributed by atoms with Crippen LogP contribution in [0.2, 0.25) is 0 Å². The fourth-order valence-corrected chi connectivity index (χ4v) is 1.96. The summed E-state index contributed by atoms with van der Waals surface area (Å²) in [6, 6.07) is 8.92. The van der Waals surface area contributed by atoms with Crippen molar-refractivity contribution in [1.29, 1.82) is 0 Å². The van der Waals surface area contributed by atoms with E-state index in [1.165, 1.54) is 11.1 Å². The standard InChI is InChI=1S/C18H32N2/c1-8-18(5,6)20(7)14-16-11-9-10-15(12-16)13-19-17(2,3)4/h9-12,19H,8,13-14H2,1-7H3. The fourth-order valence-electron chi connectivity index (χ4n) is 1.96. The largest absolute Gasteiger partial charge is 0.308 e. The Kier molecular flexibility index (Phi) is 5.79. The quantitative estimate of drug-likeness (QED) is 0.838. The maximum absolute atomic E-state index is 3.55. The molecule has 0 amide bonds. The Hall–Kier alpha value is -0.860. The third-order valence-electron chi connectivity index (χ3n) is 4.13. The Balaban J connectivity index is 2.69. The van der Waals surface area contributed by atoms with Gasteiger partial charge in [0.05, 0.1) is 0 Å². The van der Waals surface area contributed by atoms with Gasteiger partial charge in [-0.3, -0.25) is 4.90 Å². The van der Waals surface area contributed by atoms with Crippen molar-refractivity contribution in [3.05, 3.63) is 35.4 Å². The molecule has 20 heavy (non-hydrogen) atoms. The maximum atomic E-state index is 3.55. The molecule has 0 aliphatic rings. The number of nitrogens with zero attached hydrogens (tertiary/aromatic N) is 1. The van der Waals surface area contributed by atoms with E-state index in [9.17, 15) is 0 Å². The maximum Gasteiger partial charge on any atom is 0.0236 e. The van der Waals surface area contributed by atoms with Crippen LogP contribution in [0.25, 0.3) is 0 Å². The molecule has 0 heterocycles.